The highest BCUT2D eigenvalue weighted by Gasteiger charge is 2.27. The van der Waals surface area contributed by atoms with Crippen LogP contribution in [0.25, 0.3) is 22.6 Å². The first-order valence-electron chi connectivity index (χ1n) is 10.5. The van der Waals surface area contributed by atoms with Crippen molar-refractivity contribution in [2.45, 2.75) is 6.29 Å². The van der Waals surface area contributed by atoms with Gasteiger partial charge >= 0.3 is 0 Å². The molecule has 0 saturated carbocycles. The maximum absolute atomic E-state index is 13.5. The van der Waals surface area contributed by atoms with Crippen LogP contribution in [0.1, 0.15) is 12.1 Å². The summed E-state index contributed by atoms with van der Waals surface area (Å²) in [5.41, 5.74) is 3.40. The summed E-state index contributed by atoms with van der Waals surface area (Å²) in [6.45, 7) is 0.721. The lowest BCUT2D eigenvalue weighted by atomic mass is 10.1. The Labute approximate surface area is 189 Å². The molecule has 0 radical (unpaired) electrons. The normalized spacial score (nSPS) is 18.2. The molecular weight excluding hydrogens is 425 g/mol. The van der Waals surface area contributed by atoms with Gasteiger partial charge in [-0.2, -0.15) is 0 Å². The summed E-state index contributed by atoms with van der Waals surface area (Å²) in [5.74, 6) is 0.495. The van der Waals surface area contributed by atoms with E-state index in [-0.39, 0.29) is 18.3 Å². The Kier molecular flexibility index (Phi) is 6.07. The third-order valence-corrected chi connectivity index (χ3v) is 5.23. The predicted molar refractivity (Wildman–Crippen MR) is 120 cm³/mol. The molecule has 5 rings (SSSR count). The molecule has 33 heavy (non-hydrogen) atoms. The van der Waals surface area contributed by atoms with Crippen LogP contribution in [0.2, 0.25) is 0 Å². The van der Waals surface area contributed by atoms with Crippen LogP contribution in [-0.4, -0.2) is 44.9 Å². The summed E-state index contributed by atoms with van der Waals surface area (Å²) in [6, 6.07) is 17.5. The summed E-state index contributed by atoms with van der Waals surface area (Å²) >= 11 is 0. The van der Waals surface area contributed by atoms with Crippen molar-refractivity contribution in [2.24, 2.45) is 5.92 Å². The van der Waals surface area contributed by atoms with Crippen molar-refractivity contribution in [2.75, 3.05) is 25.1 Å². The predicted octanol–water partition coefficient (Wildman–Crippen LogP) is 4.07. The highest BCUT2D eigenvalue weighted by atomic mass is 19.1. The number of hydrogen-bond acceptors (Lipinski definition) is 7. The van der Waals surface area contributed by atoms with Gasteiger partial charge in [0.2, 0.25) is 12.2 Å². The van der Waals surface area contributed by atoms with Crippen LogP contribution in [0, 0.1) is 11.7 Å². The average Bonchev–Trinajstić information content (AvgIpc) is 3.31. The number of rotatable bonds is 6. The zero-order chi connectivity index (χ0) is 22.6. The monoisotopic (exact) mass is 447 g/mol. The number of imidazole rings is 1. The lowest BCUT2D eigenvalue weighted by molar-refractivity contribution is -0.213. The van der Waals surface area contributed by atoms with Crippen LogP contribution in [0.4, 0.5) is 16.0 Å². The van der Waals surface area contributed by atoms with Gasteiger partial charge in [0, 0.05) is 23.4 Å². The summed E-state index contributed by atoms with van der Waals surface area (Å²) in [4.78, 5) is 16.9. The van der Waals surface area contributed by atoms with Crippen molar-refractivity contribution in [3.05, 3.63) is 78.5 Å². The smallest absolute Gasteiger partial charge is 0.227 e. The van der Waals surface area contributed by atoms with Crippen molar-refractivity contribution in [1.29, 1.82) is 0 Å². The Hall–Kier alpha value is -3.66. The lowest BCUT2D eigenvalue weighted by Gasteiger charge is -2.26. The van der Waals surface area contributed by atoms with Crippen LogP contribution < -0.4 is 5.32 Å². The van der Waals surface area contributed by atoms with E-state index >= 15 is 0 Å². The molecule has 1 fully saturated rings. The number of hydrogen-bond donors (Lipinski definition) is 3. The molecule has 0 unspecified atom stereocenters. The van der Waals surface area contributed by atoms with E-state index < -0.39 is 6.29 Å². The Bertz CT molecular complexity index is 1210. The topological polar surface area (TPSA) is 105 Å². The fourth-order valence-electron chi connectivity index (χ4n) is 3.52. The second kappa shape index (κ2) is 9.45. The van der Waals surface area contributed by atoms with Crippen LogP contribution in [0.15, 0.2) is 66.9 Å². The second-order valence-corrected chi connectivity index (χ2v) is 7.66. The van der Waals surface area contributed by atoms with Gasteiger partial charge in [-0.25, -0.2) is 19.3 Å². The van der Waals surface area contributed by atoms with Gasteiger partial charge in [-0.3, -0.25) is 0 Å². The number of anilines is 2. The number of aliphatic hydroxyl groups is 1. The third-order valence-electron chi connectivity index (χ3n) is 5.23. The molecule has 3 heterocycles. The standard InChI is InChI=1S/C24H22FN5O3/c25-17-8-6-16(7-9-17)20-21(30-22(29-20)23-32-13-15(12-31)14-33-23)19-10-11-26-24(28-19)27-18-4-2-1-3-5-18/h1-11,15,23,31H,12-14H2,(H,29,30)(H,26,27,28). The highest BCUT2D eigenvalue weighted by molar-refractivity contribution is 5.77. The van der Waals surface area contributed by atoms with Gasteiger partial charge in [-0.05, 0) is 42.5 Å². The molecule has 1 saturated heterocycles. The summed E-state index contributed by atoms with van der Waals surface area (Å²) in [7, 11) is 0. The van der Waals surface area contributed by atoms with E-state index in [0.717, 1.165) is 5.69 Å². The first-order valence-corrected chi connectivity index (χ1v) is 10.5. The van der Waals surface area contributed by atoms with Crippen molar-refractivity contribution < 1.29 is 19.0 Å². The fraction of sp³-hybridized carbons (Fsp3) is 0.208. The van der Waals surface area contributed by atoms with Gasteiger partial charge in [0.25, 0.3) is 0 Å². The number of halogens is 1. The molecule has 0 atom stereocenters. The maximum Gasteiger partial charge on any atom is 0.227 e. The number of ether oxygens (including phenoxy) is 2. The molecule has 1 aliphatic rings. The van der Waals surface area contributed by atoms with E-state index in [1.807, 2.05) is 30.3 Å². The van der Waals surface area contributed by atoms with E-state index in [1.165, 1.54) is 12.1 Å². The van der Waals surface area contributed by atoms with Gasteiger partial charge in [-0.15, -0.1) is 0 Å². The van der Waals surface area contributed by atoms with Gasteiger partial charge in [0.15, 0.2) is 5.82 Å². The van der Waals surface area contributed by atoms with E-state index in [9.17, 15) is 9.50 Å². The second-order valence-electron chi connectivity index (χ2n) is 7.66. The minimum absolute atomic E-state index is 0.00488. The minimum atomic E-state index is -0.704. The Balaban J connectivity index is 1.51. The number of aromatic nitrogens is 4. The lowest BCUT2D eigenvalue weighted by Crippen LogP contribution is -2.29. The number of benzene rings is 2. The summed E-state index contributed by atoms with van der Waals surface area (Å²) in [5, 5.41) is 12.5. The fourth-order valence-corrected chi connectivity index (χ4v) is 3.52. The summed E-state index contributed by atoms with van der Waals surface area (Å²) < 4.78 is 25.0. The molecule has 0 spiro atoms. The molecule has 2 aromatic carbocycles. The van der Waals surface area contributed by atoms with Gasteiger partial charge in [-0.1, -0.05) is 18.2 Å². The molecule has 0 aliphatic carbocycles. The number of nitrogens with one attached hydrogen (secondary N) is 2. The number of H-pyrrole nitrogens is 1. The van der Waals surface area contributed by atoms with Crippen molar-refractivity contribution in [3.63, 3.8) is 0 Å². The highest BCUT2D eigenvalue weighted by Crippen LogP contribution is 2.33. The SMILES string of the molecule is OCC1COC(c2nc(-c3ccc(F)cc3)c(-c3ccnc(Nc4ccccc4)n3)[nH]2)OC1. The zero-order valence-electron chi connectivity index (χ0n) is 17.6. The number of para-hydroxylation sites is 1. The quantitative estimate of drug-likeness (QED) is 0.409. The van der Waals surface area contributed by atoms with Crippen LogP contribution in [0.3, 0.4) is 0 Å². The van der Waals surface area contributed by atoms with Crippen molar-refractivity contribution >= 4 is 11.6 Å². The largest absolute Gasteiger partial charge is 0.396 e. The number of aliphatic hydroxyl groups excluding tert-OH is 1. The Morgan fingerprint density at radius 3 is 2.48 bits per heavy atom. The maximum atomic E-state index is 13.5. The molecular formula is C24H22FN5O3. The molecule has 9 heteroatoms. The molecule has 1 aliphatic heterocycles. The average molecular weight is 447 g/mol. The molecule has 0 bridgehead atoms. The van der Waals surface area contributed by atoms with Gasteiger partial charge in [0.1, 0.15) is 5.82 Å². The Morgan fingerprint density at radius 1 is 1.00 bits per heavy atom. The van der Waals surface area contributed by atoms with E-state index in [1.54, 1.807) is 24.4 Å². The van der Waals surface area contributed by atoms with Crippen molar-refractivity contribution in [1.82, 2.24) is 19.9 Å². The molecule has 2 aromatic heterocycles. The van der Waals surface area contributed by atoms with Crippen LogP contribution in [-0.2, 0) is 9.47 Å². The third kappa shape index (κ3) is 4.75. The molecule has 8 nitrogen and oxygen atoms in total. The minimum Gasteiger partial charge on any atom is -0.396 e. The van der Waals surface area contributed by atoms with E-state index in [4.69, 9.17) is 14.5 Å². The Morgan fingerprint density at radius 2 is 1.76 bits per heavy atom. The van der Waals surface area contributed by atoms with Crippen LogP contribution >= 0.6 is 0 Å². The molecule has 168 valence electrons. The van der Waals surface area contributed by atoms with Gasteiger partial charge < -0.3 is 24.9 Å². The first-order chi connectivity index (χ1) is 16.2. The molecule has 0 amide bonds. The van der Waals surface area contributed by atoms with Crippen molar-refractivity contribution in [3.8, 4) is 22.6 Å². The zero-order valence-corrected chi connectivity index (χ0v) is 17.6. The molecule has 4 aromatic rings. The first kappa shape index (κ1) is 21.2. The van der Waals surface area contributed by atoms with Gasteiger partial charge in [0.05, 0.1) is 36.9 Å². The number of aromatic amines is 1. The van der Waals surface area contributed by atoms with E-state index in [2.05, 4.69) is 20.3 Å². The van der Waals surface area contributed by atoms with E-state index in [0.29, 0.717) is 47.6 Å². The van der Waals surface area contributed by atoms with Crippen LogP contribution in [0.5, 0.6) is 0 Å². The molecule has 3 N–H and O–H groups in total. The summed E-state index contributed by atoms with van der Waals surface area (Å²) in [6.07, 6.45) is 0.951. The number of nitrogens with zero attached hydrogens (tertiary/aromatic N) is 3.